The summed E-state index contributed by atoms with van der Waals surface area (Å²) in [7, 11) is 0. The first-order chi connectivity index (χ1) is 9.53. The SMILES string of the molecule is CCC(CC)N(CCO)Cc1ccc(Br)c([N+](=O)[O-])c1. The number of halogens is 1. The van der Waals surface area contributed by atoms with E-state index in [1.54, 1.807) is 12.1 Å². The lowest BCUT2D eigenvalue weighted by Crippen LogP contribution is -2.36. The third-order valence-electron chi connectivity index (χ3n) is 3.44. The number of aliphatic hydroxyl groups is 1. The summed E-state index contributed by atoms with van der Waals surface area (Å²) in [6, 6.07) is 5.56. The summed E-state index contributed by atoms with van der Waals surface area (Å²) in [6.07, 6.45) is 1.99. The molecule has 0 fully saturated rings. The molecule has 0 saturated heterocycles. The van der Waals surface area contributed by atoms with Crippen LogP contribution < -0.4 is 0 Å². The van der Waals surface area contributed by atoms with Crippen molar-refractivity contribution in [1.29, 1.82) is 0 Å². The fourth-order valence-electron chi connectivity index (χ4n) is 2.36. The van der Waals surface area contributed by atoms with E-state index in [1.807, 2.05) is 6.07 Å². The first-order valence-electron chi connectivity index (χ1n) is 6.81. The monoisotopic (exact) mass is 344 g/mol. The second kappa shape index (κ2) is 8.34. The van der Waals surface area contributed by atoms with E-state index < -0.39 is 0 Å². The molecule has 0 saturated carbocycles. The van der Waals surface area contributed by atoms with Crippen molar-refractivity contribution in [2.75, 3.05) is 13.2 Å². The average molecular weight is 345 g/mol. The van der Waals surface area contributed by atoms with E-state index in [2.05, 4.69) is 34.7 Å². The van der Waals surface area contributed by atoms with Gasteiger partial charge >= 0.3 is 0 Å². The van der Waals surface area contributed by atoms with Gasteiger partial charge in [0.25, 0.3) is 5.69 Å². The molecule has 112 valence electrons. The van der Waals surface area contributed by atoms with Gasteiger partial charge in [0.1, 0.15) is 0 Å². The first-order valence-corrected chi connectivity index (χ1v) is 7.60. The molecule has 1 N–H and O–H groups in total. The molecule has 1 aromatic carbocycles. The summed E-state index contributed by atoms with van der Waals surface area (Å²) in [5, 5.41) is 20.1. The molecule has 0 atom stereocenters. The average Bonchev–Trinajstić information content (AvgIpc) is 2.42. The quantitative estimate of drug-likeness (QED) is 0.580. The standard InChI is InChI=1S/C14H21BrN2O3/c1-3-12(4-2)16(7-8-18)10-11-5-6-13(15)14(9-11)17(19)20/h5-6,9,12,18H,3-4,7-8,10H2,1-2H3. The molecule has 6 heteroatoms. The van der Waals surface area contributed by atoms with E-state index in [0.29, 0.717) is 23.6 Å². The normalized spacial score (nSPS) is 11.3. The van der Waals surface area contributed by atoms with Crippen LogP contribution >= 0.6 is 15.9 Å². The van der Waals surface area contributed by atoms with Crippen molar-refractivity contribution in [3.05, 3.63) is 38.3 Å². The van der Waals surface area contributed by atoms with E-state index in [0.717, 1.165) is 18.4 Å². The molecule has 20 heavy (non-hydrogen) atoms. The molecule has 0 aromatic heterocycles. The Morgan fingerprint density at radius 2 is 2.05 bits per heavy atom. The highest BCUT2D eigenvalue weighted by molar-refractivity contribution is 9.10. The van der Waals surface area contributed by atoms with Crippen molar-refractivity contribution in [3.8, 4) is 0 Å². The van der Waals surface area contributed by atoms with Gasteiger partial charge in [-0.15, -0.1) is 0 Å². The second-order valence-electron chi connectivity index (χ2n) is 4.71. The van der Waals surface area contributed by atoms with Crippen LogP contribution in [0.5, 0.6) is 0 Å². The van der Waals surface area contributed by atoms with Gasteiger partial charge in [-0.05, 0) is 40.4 Å². The van der Waals surface area contributed by atoms with Crippen LogP contribution in [0.15, 0.2) is 22.7 Å². The Balaban J connectivity index is 2.93. The number of nitro groups is 1. The van der Waals surface area contributed by atoms with Crippen molar-refractivity contribution in [1.82, 2.24) is 4.90 Å². The predicted octanol–water partition coefficient (Wildman–Crippen LogP) is 3.34. The minimum atomic E-state index is -0.388. The van der Waals surface area contributed by atoms with E-state index in [4.69, 9.17) is 0 Å². The van der Waals surface area contributed by atoms with E-state index in [1.165, 1.54) is 0 Å². The van der Waals surface area contributed by atoms with E-state index in [9.17, 15) is 15.2 Å². The number of nitrogens with zero attached hydrogens (tertiary/aromatic N) is 2. The minimum absolute atomic E-state index is 0.0796. The van der Waals surface area contributed by atoms with Crippen LogP contribution in [-0.4, -0.2) is 34.1 Å². The van der Waals surface area contributed by atoms with Crippen LogP contribution in [0.25, 0.3) is 0 Å². The smallest absolute Gasteiger partial charge is 0.283 e. The molecular weight excluding hydrogens is 324 g/mol. The van der Waals surface area contributed by atoms with Gasteiger partial charge < -0.3 is 5.11 Å². The van der Waals surface area contributed by atoms with Gasteiger partial charge in [0, 0.05) is 25.2 Å². The molecule has 0 aliphatic carbocycles. The maximum Gasteiger partial charge on any atom is 0.283 e. The maximum absolute atomic E-state index is 11.0. The summed E-state index contributed by atoms with van der Waals surface area (Å²) >= 11 is 3.19. The third-order valence-corrected chi connectivity index (χ3v) is 4.11. The fourth-order valence-corrected chi connectivity index (χ4v) is 2.75. The number of hydrogen-bond donors (Lipinski definition) is 1. The van der Waals surface area contributed by atoms with Gasteiger partial charge in [0.2, 0.25) is 0 Å². The Labute approximate surface area is 127 Å². The van der Waals surface area contributed by atoms with Crippen molar-refractivity contribution in [2.45, 2.75) is 39.3 Å². The third kappa shape index (κ3) is 4.54. The highest BCUT2D eigenvalue weighted by Crippen LogP contribution is 2.26. The predicted molar refractivity (Wildman–Crippen MR) is 82.7 cm³/mol. The van der Waals surface area contributed by atoms with Crippen molar-refractivity contribution in [3.63, 3.8) is 0 Å². The number of hydrogen-bond acceptors (Lipinski definition) is 4. The van der Waals surface area contributed by atoms with Crippen LogP contribution in [0, 0.1) is 10.1 Å². The largest absolute Gasteiger partial charge is 0.395 e. The summed E-state index contributed by atoms with van der Waals surface area (Å²) in [5.41, 5.74) is 0.969. The lowest BCUT2D eigenvalue weighted by molar-refractivity contribution is -0.385. The zero-order chi connectivity index (χ0) is 15.1. The molecule has 0 unspecified atom stereocenters. The van der Waals surface area contributed by atoms with Crippen LogP contribution in [-0.2, 0) is 6.54 Å². The zero-order valence-electron chi connectivity index (χ0n) is 11.9. The molecule has 0 aliphatic rings. The summed E-state index contributed by atoms with van der Waals surface area (Å²) in [4.78, 5) is 12.7. The van der Waals surface area contributed by atoms with Gasteiger partial charge in [0.15, 0.2) is 0 Å². The second-order valence-corrected chi connectivity index (χ2v) is 5.56. The maximum atomic E-state index is 11.0. The molecule has 1 rings (SSSR count). The van der Waals surface area contributed by atoms with E-state index in [-0.39, 0.29) is 17.2 Å². The number of nitro benzene ring substituents is 1. The summed E-state index contributed by atoms with van der Waals surface area (Å²) < 4.78 is 0.488. The molecule has 0 bridgehead atoms. The molecule has 1 aromatic rings. The molecule has 0 aliphatic heterocycles. The molecule has 0 amide bonds. The van der Waals surface area contributed by atoms with Gasteiger partial charge in [0.05, 0.1) is 16.0 Å². The fraction of sp³-hybridized carbons (Fsp3) is 0.571. The molecule has 5 nitrogen and oxygen atoms in total. The van der Waals surface area contributed by atoms with Crippen molar-refractivity contribution < 1.29 is 10.0 Å². The van der Waals surface area contributed by atoms with Crippen LogP contribution in [0.2, 0.25) is 0 Å². The molecule has 0 spiro atoms. The van der Waals surface area contributed by atoms with Crippen molar-refractivity contribution in [2.24, 2.45) is 0 Å². The Kier molecular flexibility index (Phi) is 7.12. The molecular formula is C14H21BrN2O3. The highest BCUT2D eigenvalue weighted by atomic mass is 79.9. The Morgan fingerprint density at radius 3 is 2.55 bits per heavy atom. The van der Waals surface area contributed by atoms with Crippen LogP contribution in [0.4, 0.5) is 5.69 Å². The highest BCUT2D eigenvalue weighted by Gasteiger charge is 2.17. The Bertz CT molecular complexity index is 450. The lowest BCUT2D eigenvalue weighted by atomic mass is 10.1. The topological polar surface area (TPSA) is 66.6 Å². The summed E-state index contributed by atoms with van der Waals surface area (Å²) in [6.45, 7) is 5.51. The van der Waals surface area contributed by atoms with Crippen LogP contribution in [0.1, 0.15) is 32.3 Å². The minimum Gasteiger partial charge on any atom is -0.395 e. The van der Waals surface area contributed by atoms with E-state index >= 15 is 0 Å². The molecule has 0 radical (unpaired) electrons. The van der Waals surface area contributed by atoms with Gasteiger partial charge in [-0.2, -0.15) is 0 Å². The zero-order valence-corrected chi connectivity index (χ0v) is 13.5. The Morgan fingerprint density at radius 1 is 1.40 bits per heavy atom. The number of rotatable bonds is 8. The van der Waals surface area contributed by atoms with Gasteiger partial charge in [-0.25, -0.2) is 0 Å². The molecule has 0 heterocycles. The van der Waals surface area contributed by atoms with Gasteiger partial charge in [-0.3, -0.25) is 15.0 Å². The number of aliphatic hydroxyl groups excluding tert-OH is 1. The Hall–Kier alpha value is -0.980. The first kappa shape index (κ1) is 17.1. The van der Waals surface area contributed by atoms with Crippen molar-refractivity contribution >= 4 is 21.6 Å². The van der Waals surface area contributed by atoms with Crippen LogP contribution in [0.3, 0.4) is 0 Å². The summed E-state index contributed by atoms with van der Waals surface area (Å²) in [5.74, 6) is 0. The lowest BCUT2D eigenvalue weighted by Gasteiger charge is -2.29. The van der Waals surface area contributed by atoms with Gasteiger partial charge in [-0.1, -0.05) is 19.9 Å². The number of benzene rings is 1.